The van der Waals surface area contributed by atoms with Crippen LogP contribution in [0.3, 0.4) is 0 Å². The Kier molecular flexibility index (Phi) is 3.83. The summed E-state index contributed by atoms with van der Waals surface area (Å²) >= 11 is 0. The zero-order valence-corrected chi connectivity index (χ0v) is 11.9. The number of aromatic hydroxyl groups is 1. The second kappa shape index (κ2) is 5.24. The van der Waals surface area contributed by atoms with Crippen LogP contribution in [0.25, 0.3) is 0 Å². The summed E-state index contributed by atoms with van der Waals surface area (Å²) in [7, 11) is 0. The van der Waals surface area contributed by atoms with Crippen molar-refractivity contribution in [3.05, 3.63) is 29.3 Å². The maximum absolute atomic E-state index is 12.1. The van der Waals surface area contributed by atoms with Gasteiger partial charge in [0.2, 0.25) is 0 Å². The van der Waals surface area contributed by atoms with E-state index in [4.69, 9.17) is 4.74 Å². The van der Waals surface area contributed by atoms with E-state index in [2.05, 4.69) is 0 Å². The van der Waals surface area contributed by atoms with E-state index in [1.54, 1.807) is 6.07 Å². The lowest BCUT2D eigenvalue weighted by Crippen LogP contribution is -2.33. The third kappa shape index (κ3) is 3.09. The van der Waals surface area contributed by atoms with Gasteiger partial charge in [-0.1, -0.05) is 13.0 Å². The van der Waals surface area contributed by atoms with Crippen molar-refractivity contribution in [1.29, 1.82) is 0 Å². The van der Waals surface area contributed by atoms with Crippen molar-refractivity contribution < 1.29 is 14.6 Å². The standard InChI is InChI=1S/C16H22O3/c1-4-16(2,3)15(18)19-14-8-6-11-9-13(17)7-5-12(11)10-14/h5,7,9,14,17H,4,6,8,10H2,1-3H3. The number of phenols is 1. The topological polar surface area (TPSA) is 46.5 Å². The maximum atomic E-state index is 12.1. The maximum Gasteiger partial charge on any atom is 0.311 e. The fourth-order valence-corrected chi connectivity index (χ4v) is 2.26. The number of benzene rings is 1. The Morgan fingerprint density at radius 2 is 2.16 bits per heavy atom. The lowest BCUT2D eigenvalue weighted by Gasteiger charge is -2.28. The number of carbonyl (C=O) groups is 1. The number of ether oxygens (including phenoxy) is 1. The van der Waals surface area contributed by atoms with Gasteiger partial charge in [-0.3, -0.25) is 4.79 Å². The molecule has 0 amide bonds. The molecule has 1 unspecified atom stereocenters. The van der Waals surface area contributed by atoms with E-state index >= 15 is 0 Å². The van der Waals surface area contributed by atoms with E-state index < -0.39 is 5.41 Å². The van der Waals surface area contributed by atoms with Gasteiger partial charge in [-0.05, 0) is 56.4 Å². The van der Waals surface area contributed by atoms with Gasteiger partial charge in [-0.25, -0.2) is 0 Å². The smallest absolute Gasteiger partial charge is 0.311 e. The van der Waals surface area contributed by atoms with E-state index in [0.717, 1.165) is 25.7 Å². The number of aryl methyl sites for hydroxylation is 1. The molecule has 2 rings (SSSR count). The third-order valence-corrected chi connectivity index (χ3v) is 4.08. The summed E-state index contributed by atoms with van der Waals surface area (Å²) in [5.41, 5.74) is 1.94. The van der Waals surface area contributed by atoms with E-state index in [1.807, 2.05) is 32.9 Å². The van der Waals surface area contributed by atoms with Crippen LogP contribution in [0.2, 0.25) is 0 Å². The highest BCUT2D eigenvalue weighted by molar-refractivity contribution is 5.76. The van der Waals surface area contributed by atoms with Crippen LogP contribution < -0.4 is 0 Å². The van der Waals surface area contributed by atoms with Gasteiger partial charge in [0.15, 0.2) is 0 Å². The highest BCUT2D eigenvalue weighted by Gasteiger charge is 2.30. The summed E-state index contributed by atoms with van der Waals surface area (Å²) < 4.78 is 5.63. The molecule has 1 aromatic rings. The molecule has 0 radical (unpaired) electrons. The molecule has 0 aromatic heterocycles. The molecule has 1 aliphatic rings. The molecule has 0 bridgehead atoms. The first-order valence-electron chi connectivity index (χ1n) is 6.94. The highest BCUT2D eigenvalue weighted by Crippen LogP contribution is 2.29. The Morgan fingerprint density at radius 1 is 1.42 bits per heavy atom. The van der Waals surface area contributed by atoms with Crippen molar-refractivity contribution in [2.24, 2.45) is 5.41 Å². The van der Waals surface area contributed by atoms with Crippen LogP contribution in [0.4, 0.5) is 0 Å². The molecule has 0 saturated heterocycles. The van der Waals surface area contributed by atoms with Crippen molar-refractivity contribution in [2.75, 3.05) is 0 Å². The Labute approximate surface area is 114 Å². The minimum absolute atomic E-state index is 0.0321. The van der Waals surface area contributed by atoms with Crippen LogP contribution in [0.15, 0.2) is 18.2 Å². The minimum Gasteiger partial charge on any atom is -0.508 e. The average Bonchev–Trinajstić information content (AvgIpc) is 2.38. The molecule has 104 valence electrons. The van der Waals surface area contributed by atoms with Crippen LogP contribution in [0.1, 0.15) is 44.7 Å². The number of rotatable bonds is 3. The molecule has 1 aliphatic carbocycles. The number of fused-ring (bicyclic) bond motifs is 1. The lowest BCUT2D eigenvalue weighted by atomic mass is 9.88. The second-order valence-corrected chi connectivity index (χ2v) is 5.96. The van der Waals surface area contributed by atoms with Crippen LogP contribution in [-0.2, 0) is 22.4 Å². The van der Waals surface area contributed by atoms with Gasteiger partial charge in [0.25, 0.3) is 0 Å². The number of carbonyl (C=O) groups excluding carboxylic acids is 1. The molecule has 3 heteroatoms. The summed E-state index contributed by atoms with van der Waals surface area (Å²) in [5.74, 6) is 0.198. The molecule has 19 heavy (non-hydrogen) atoms. The third-order valence-electron chi connectivity index (χ3n) is 4.08. The van der Waals surface area contributed by atoms with Crippen molar-refractivity contribution >= 4 is 5.97 Å². The predicted octanol–water partition coefficient (Wildman–Crippen LogP) is 3.23. The average molecular weight is 262 g/mol. The second-order valence-electron chi connectivity index (χ2n) is 5.96. The van der Waals surface area contributed by atoms with Gasteiger partial charge in [0.05, 0.1) is 5.41 Å². The summed E-state index contributed by atoms with van der Waals surface area (Å²) in [6.07, 6.45) is 3.19. The van der Waals surface area contributed by atoms with E-state index in [1.165, 1.54) is 11.1 Å². The number of phenolic OH excluding ortho intramolecular Hbond substituents is 1. The molecule has 0 aliphatic heterocycles. The summed E-state index contributed by atoms with van der Waals surface area (Å²) in [4.78, 5) is 12.1. The molecule has 0 spiro atoms. The highest BCUT2D eigenvalue weighted by atomic mass is 16.5. The molecular weight excluding hydrogens is 240 g/mol. The molecule has 0 heterocycles. The van der Waals surface area contributed by atoms with E-state index in [0.29, 0.717) is 5.75 Å². The first kappa shape index (κ1) is 13.9. The SMILES string of the molecule is CCC(C)(C)C(=O)OC1CCc2cc(O)ccc2C1. The van der Waals surface area contributed by atoms with Crippen LogP contribution in [0, 0.1) is 5.41 Å². The Hall–Kier alpha value is -1.51. The summed E-state index contributed by atoms with van der Waals surface area (Å²) in [5, 5.41) is 9.45. The normalized spacial score (nSPS) is 18.8. The van der Waals surface area contributed by atoms with Crippen LogP contribution in [0.5, 0.6) is 5.75 Å². The number of esters is 1. The number of hydrogen-bond acceptors (Lipinski definition) is 3. The molecule has 1 atom stereocenters. The zero-order valence-electron chi connectivity index (χ0n) is 11.9. The zero-order chi connectivity index (χ0) is 14.0. The van der Waals surface area contributed by atoms with E-state index in [-0.39, 0.29) is 12.1 Å². The minimum atomic E-state index is -0.408. The lowest BCUT2D eigenvalue weighted by molar-refractivity contribution is -0.160. The molecule has 1 N–H and O–H groups in total. The Morgan fingerprint density at radius 3 is 2.84 bits per heavy atom. The monoisotopic (exact) mass is 262 g/mol. The van der Waals surface area contributed by atoms with Gasteiger partial charge >= 0.3 is 5.97 Å². The fraction of sp³-hybridized carbons (Fsp3) is 0.562. The van der Waals surface area contributed by atoms with Gasteiger partial charge in [0, 0.05) is 6.42 Å². The van der Waals surface area contributed by atoms with Crippen molar-refractivity contribution in [3.8, 4) is 5.75 Å². The van der Waals surface area contributed by atoms with Gasteiger partial charge in [0.1, 0.15) is 11.9 Å². The quantitative estimate of drug-likeness (QED) is 0.851. The van der Waals surface area contributed by atoms with Crippen molar-refractivity contribution in [1.82, 2.24) is 0 Å². The first-order chi connectivity index (χ1) is 8.92. The number of hydrogen-bond donors (Lipinski definition) is 1. The Balaban J connectivity index is 2.03. The Bertz CT molecular complexity index is 477. The largest absolute Gasteiger partial charge is 0.508 e. The van der Waals surface area contributed by atoms with Gasteiger partial charge < -0.3 is 9.84 Å². The van der Waals surface area contributed by atoms with Gasteiger partial charge in [-0.15, -0.1) is 0 Å². The van der Waals surface area contributed by atoms with Crippen LogP contribution in [-0.4, -0.2) is 17.2 Å². The molecule has 0 fully saturated rings. The molecule has 1 aromatic carbocycles. The summed E-state index contributed by atoms with van der Waals surface area (Å²) in [6, 6.07) is 5.43. The molecule has 0 saturated carbocycles. The van der Waals surface area contributed by atoms with Crippen molar-refractivity contribution in [3.63, 3.8) is 0 Å². The molecular formula is C16H22O3. The molecule has 3 nitrogen and oxygen atoms in total. The fourth-order valence-electron chi connectivity index (χ4n) is 2.26. The summed E-state index contributed by atoms with van der Waals surface area (Å²) in [6.45, 7) is 5.84. The first-order valence-corrected chi connectivity index (χ1v) is 6.94. The van der Waals surface area contributed by atoms with Crippen LogP contribution >= 0.6 is 0 Å². The van der Waals surface area contributed by atoms with Gasteiger partial charge in [-0.2, -0.15) is 0 Å². The van der Waals surface area contributed by atoms with E-state index in [9.17, 15) is 9.90 Å². The van der Waals surface area contributed by atoms with Crippen molar-refractivity contribution in [2.45, 2.75) is 52.6 Å². The predicted molar refractivity (Wildman–Crippen MR) is 74.1 cm³/mol.